The predicted octanol–water partition coefficient (Wildman–Crippen LogP) is 3.00. The molecule has 1 heterocycles. The van der Waals surface area contributed by atoms with Crippen LogP contribution in [0, 0.1) is 0 Å². The lowest BCUT2D eigenvalue weighted by molar-refractivity contribution is 0.0697. The van der Waals surface area contributed by atoms with Crippen molar-refractivity contribution in [3.63, 3.8) is 0 Å². The van der Waals surface area contributed by atoms with Gasteiger partial charge in [0.1, 0.15) is 12.0 Å². The maximum absolute atomic E-state index is 11.7. The normalized spacial score (nSPS) is 10.2. The van der Waals surface area contributed by atoms with Crippen molar-refractivity contribution in [1.29, 1.82) is 0 Å². The van der Waals surface area contributed by atoms with Gasteiger partial charge in [-0.15, -0.1) is 0 Å². The monoisotopic (exact) mass is 329 g/mol. The summed E-state index contributed by atoms with van der Waals surface area (Å²) in [5.74, 6) is -1.17. The zero-order valence-corrected chi connectivity index (χ0v) is 11.9. The predicted molar refractivity (Wildman–Crippen MR) is 75.8 cm³/mol. The van der Waals surface area contributed by atoms with E-state index in [1.807, 2.05) is 0 Å². The maximum atomic E-state index is 11.7. The molecule has 0 aliphatic heterocycles. The topological polar surface area (TPSA) is 104 Å². The Balaban J connectivity index is 2.05. The highest BCUT2D eigenvalue weighted by Gasteiger charge is 2.14. The second kappa shape index (κ2) is 6.47. The molecule has 0 saturated carbocycles. The zero-order valence-electron chi connectivity index (χ0n) is 10.4. The fourth-order valence-electron chi connectivity index (χ4n) is 1.47. The molecule has 2 amide bonds. The summed E-state index contributed by atoms with van der Waals surface area (Å²) in [7, 11) is 0. The summed E-state index contributed by atoms with van der Waals surface area (Å²) in [4.78, 5) is 22.6. The van der Waals surface area contributed by atoms with Crippen molar-refractivity contribution in [2.45, 2.75) is 6.54 Å². The summed E-state index contributed by atoms with van der Waals surface area (Å²) in [6.07, 6.45) is 1.38. The molecular weight excluding hydrogens is 321 g/mol. The number of carboxylic acid groups (broad SMARTS) is 1. The van der Waals surface area contributed by atoms with Gasteiger partial charge in [0.2, 0.25) is 0 Å². The van der Waals surface area contributed by atoms with E-state index >= 15 is 0 Å². The third-order valence-corrected chi connectivity index (χ3v) is 3.05. The Bertz CT molecular complexity index is 650. The Morgan fingerprint density at radius 2 is 1.95 bits per heavy atom. The highest BCUT2D eigenvalue weighted by Crippen LogP contribution is 2.31. The Hall–Kier alpha value is -2.25. The van der Waals surface area contributed by atoms with Crippen molar-refractivity contribution in [1.82, 2.24) is 10.5 Å². The lowest BCUT2D eigenvalue weighted by atomic mass is 10.2. The van der Waals surface area contributed by atoms with Gasteiger partial charge in [0.05, 0.1) is 27.8 Å². The number of benzene rings is 1. The van der Waals surface area contributed by atoms with Crippen LogP contribution in [-0.2, 0) is 6.54 Å². The Labute approximate surface area is 128 Å². The molecule has 9 heteroatoms. The molecule has 0 saturated heterocycles. The number of halogens is 2. The summed E-state index contributed by atoms with van der Waals surface area (Å²) < 4.78 is 4.62. The van der Waals surface area contributed by atoms with Crippen LogP contribution in [0.25, 0.3) is 0 Å². The van der Waals surface area contributed by atoms with Crippen molar-refractivity contribution in [3.8, 4) is 0 Å². The van der Waals surface area contributed by atoms with E-state index in [4.69, 9.17) is 28.3 Å². The van der Waals surface area contributed by atoms with Gasteiger partial charge in [-0.05, 0) is 12.1 Å². The van der Waals surface area contributed by atoms with E-state index in [1.165, 1.54) is 18.4 Å². The largest absolute Gasteiger partial charge is 0.478 e. The van der Waals surface area contributed by atoms with Gasteiger partial charge < -0.3 is 20.3 Å². The third-order valence-electron chi connectivity index (χ3n) is 2.45. The third kappa shape index (κ3) is 3.87. The first-order valence-corrected chi connectivity index (χ1v) is 6.39. The van der Waals surface area contributed by atoms with Gasteiger partial charge in [0, 0.05) is 6.07 Å². The number of aromatic nitrogens is 1. The Morgan fingerprint density at radius 3 is 2.48 bits per heavy atom. The van der Waals surface area contributed by atoms with Crippen LogP contribution in [-0.4, -0.2) is 22.3 Å². The number of rotatable bonds is 4. The molecule has 0 unspecified atom stereocenters. The molecule has 3 N–H and O–H groups in total. The number of nitrogens with zero attached hydrogens (tertiary/aromatic N) is 1. The average Bonchev–Trinajstić information content (AvgIpc) is 2.93. The molecule has 0 aliphatic rings. The maximum Gasteiger partial charge on any atom is 0.335 e. The lowest BCUT2D eigenvalue weighted by Crippen LogP contribution is -2.28. The first kappa shape index (κ1) is 15.1. The Morgan fingerprint density at radius 1 is 1.29 bits per heavy atom. The van der Waals surface area contributed by atoms with Crippen LogP contribution in [0.5, 0.6) is 0 Å². The highest BCUT2D eigenvalue weighted by molar-refractivity contribution is 6.40. The molecule has 2 rings (SSSR count). The van der Waals surface area contributed by atoms with Gasteiger partial charge in [0.15, 0.2) is 0 Å². The van der Waals surface area contributed by atoms with E-state index in [9.17, 15) is 9.59 Å². The van der Waals surface area contributed by atoms with Crippen LogP contribution >= 0.6 is 23.2 Å². The van der Waals surface area contributed by atoms with Gasteiger partial charge in [-0.1, -0.05) is 28.4 Å². The van der Waals surface area contributed by atoms with Crippen molar-refractivity contribution in [2.24, 2.45) is 0 Å². The molecule has 1 aromatic heterocycles. The molecule has 2 aromatic rings. The van der Waals surface area contributed by atoms with Crippen LogP contribution in [0.1, 0.15) is 16.1 Å². The number of amides is 2. The summed E-state index contributed by atoms with van der Waals surface area (Å²) in [5, 5.41) is 17.5. The van der Waals surface area contributed by atoms with Crippen LogP contribution in [0.15, 0.2) is 29.0 Å². The van der Waals surface area contributed by atoms with Crippen molar-refractivity contribution >= 4 is 40.9 Å². The minimum atomic E-state index is -1.17. The summed E-state index contributed by atoms with van der Waals surface area (Å²) in [5.41, 5.74) is 0.600. The fraction of sp³-hybridized carbons (Fsp3) is 0.0833. The second-order valence-corrected chi connectivity index (χ2v) is 4.73. The van der Waals surface area contributed by atoms with Crippen molar-refractivity contribution < 1.29 is 19.2 Å². The quantitative estimate of drug-likeness (QED) is 0.799. The standard InChI is InChI=1S/C12H9Cl2N3O4/c13-8-3-6(11(18)19)4-9(14)10(8)16-12(20)15-5-7-1-2-21-17-7/h1-4H,5H2,(H,18,19)(H2,15,16,20). The van der Waals surface area contributed by atoms with Gasteiger partial charge in [-0.25, -0.2) is 9.59 Å². The van der Waals surface area contributed by atoms with Crippen molar-refractivity contribution in [2.75, 3.05) is 5.32 Å². The molecule has 7 nitrogen and oxygen atoms in total. The molecule has 0 aliphatic carbocycles. The number of anilines is 1. The first-order valence-electron chi connectivity index (χ1n) is 5.64. The first-order chi connectivity index (χ1) is 9.97. The van der Waals surface area contributed by atoms with E-state index in [1.54, 1.807) is 6.07 Å². The van der Waals surface area contributed by atoms with E-state index < -0.39 is 12.0 Å². The van der Waals surface area contributed by atoms with Crippen molar-refractivity contribution in [3.05, 3.63) is 45.8 Å². The number of aromatic carboxylic acids is 1. The lowest BCUT2D eigenvalue weighted by Gasteiger charge is -2.10. The minimum Gasteiger partial charge on any atom is -0.478 e. The van der Waals surface area contributed by atoms with Gasteiger partial charge in [0.25, 0.3) is 0 Å². The molecule has 0 atom stereocenters. The molecule has 1 aromatic carbocycles. The molecule has 0 spiro atoms. The van der Waals surface area contributed by atoms with Crippen LogP contribution in [0.3, 0.4) is 0 Å². The smallest absolute Gasteiger partial charge is 0.335 e. The summed E-state index contributed by atoms with van der Waals surface area (Å²) >= 11 is 11.8. The highest BCUT2D eigenvalue weighted by atomic mass is 35.5. The van der Waals surface area contributed by atoms with Crippen LogP contribution in [0.2, 0.25) is 10.0 Å². The number of carbonyl (C=O) groups is 2. The molecule has 21 heavy (non-hydrogen) atoms. The second-order valence-electron chi connectivity index (χ2n) is 3.92. The Kier molecular flexibility index (Phi) is 4.66. The zero-order chi connectivity index (χ0) is 15.4. The number of nitrogens with one attached hydrogen (secondary N) is 2. The van der Waals surface area contributed by atoms with Gasteiger partial charge in [-0.2, -0.15) is 0 Å². The SMILES string of the molecule is O=C(NCc1ccon1)Nc1c(Cl)cc(C(=O)O)cc1Cl. The molecule has 0 bridgehead atoms. The number of hydrogen-bond acceptors (Lipinski definition) is 4. The molecular formula is C12H9Cl2N3O4. The average molecular weight is 330 g/mol. The van der Waals surface area contributed by atoms with E-state index in [0.717, 1.165) is 0 Å². The fourth-order valence-corrected chi connectivity index (χ4v) is 2.05. The van der Waals surface area contributed by atoms with Crippen LogP contribution < -0.4 is 10.6 Å². The summed E-state index contributed by atoms with van der Waals surface area (Å²) in [6.45, 7) is 0.158. The minimum absolute atomic E-state index is 0.0245. The number of carboxylic acids is 1. The summed E-state index contributed by atoms with van der Waals surface area (Å²) in [6, 6.07) is 3.43. The number of hydrogen-bond donors (Lipinski definition) is 3. The van der Waals surface area contributed by atoms with Gasteiger partial charge in [-0.3, -0.25) is 0 Å². The molecule has 110 valence electrons. The molecule has 0 fully saturated rings. The van der Waals surface area contributed by atoms with Gasteiger partial charge >= 0.3 is 12.0 Å². The number of carbonyl (C=O) groups excluding carboxylic acids is 1. The van der Waals surface area contributed by atoms with E-state index in [-0.39, 0.29) is 27.8 Å². The number of urea groups is 1. The van der Waals surface area contributed by atoms with E-state index in [2.05, 4.69) is 20.3 Å². The van der Waals surface area contributed by atoms with Crippen LogP contribution in [0.4, 0.5) is 10.5 Å². The van der Waals surface area contributed by atoms with E-state index in [0.29, 0.717) is 5.69 Å². The molecule has 0 radical (unpaired) electrons.